The van der Waals surface area contributed by atoms with Gasteiger partial charge in [-0.05, 0) is 43.2 Å². The molecule has 1 aliphatic rings. The van der Waals surface area contributed by atoms with Crippen molar-refractivity contribution in [2.24, 2.45) is 7.05 Å². The fraction of sp³-hybridized carbons (Fsp3) is 0.333. The van der Waals surface area contributed by atoms with E-state index in [9.17, 15) is 9.18 Å². The van der Waals surface area contributed by atoms with Crippen LogP contribution < -0.4 is 0 Å². The van der Waals surface area contributed by atoms with Gasteiger partial charge >= 0.3 is 0 Å². The van der Waals surface area contributed by atoms with Gasteiger partial charge in [0, 0.05) is 25.7 Å². The summed E-state index contributed by atoms with van der Waals surface area (Å²) in [5.74, 6) is -0.260. The van der Waals surface area contributed by atoms with Gasteiger partial charge in [-0.3, -0.25) is 9.48 Å². The molecule has 5 heteroatoms. The molecular weight excluding hydrogens is 257 g/mol. The van der Waals surface area contributed by atoms with Crippen molar-refractivity contribution in [2.45, 2.75) is 12.8 Å². The molecule has 1 aliphatic heterocycles. The van der Waals surface area contributed by atoms with Gasteiger partial charge in [0.15, 0.2) is 0 Å². The first-order chi connectivity index (χ1) is 9.65. The Labute approximate surface area is 116 Å². The first-order valence-electron chi connectivity index (χ1n) is 6.74. The second kappa shape index (κ2) is 5.07. The SMILES string of the molecule is Cn1nc(-c2ccc(F)cc2)cc1C(=O)N1CCCC1. The van der Waals surface area contributed by atoms with Gasteiger partial charge in [0.1, 0.15) is 11.5 Å². The number of carbonyl (C=O) groups excluding carboxylic acids is 1. The normalized spacial score (nSPS) is 14.8. The summed E-state index contributed by atoms with van der Waals surface area (Å²) in [5.41, 5.74) is 2.07. The monoisotopic (exact) mass is 273 g/mol. The second-order valence-electron chi connectivity index (χ2n) is 5.04. The maximum atomic E-state index is 12.9. The number of hydrogen-bond donors (Lipinski definition) is 0. The molecule has 20 heavy (non-hydrogen) atoms. The molecule has 2 aromatic rings. The van der Waals surface area contributed by atoms with E-state index in [1.165, 1.54) is 12.1 Å². The number of aryl methyl sites for hydroxylation is 1. The highest BCUT2D eigenvalue weighted by Gasteiger charge is 2.23. The number of benzene rings is 1. The van der Waals surface area contributed by atoms with Crippen LogP contribution in [0.4, 0.5) is 4.39 Å². The first kappa shape index (κ1) is 12.8. The molecule has 2 heterocycles. The standard InChI is InChI=1S/C15H16FN3O/c1-18-14(15(20)19-8-2-3-9-19)10-13(17-18)11-4-6-12(16)7-5-11/h4-7,10H,2-3,8-9H2,1H3. The summed E-state index contributed by atoms with van der Waals surface area (Å²) in [6.07, 6.45) is 2.13. The molecule has 0 radical (unpaired) electrons. The highest BCUT2D eigenvalue weighted by molar-refractivity contribution is 5.93. The molecule has 0 atom stereocenters. The van der Waals surface area contributed by atoms with Crippen LogP contribution in [0.1, 0.15) is 23.3 Å². The fourth-order valence-corrected chi connectivity index (χ4v) is 2.51. The number of amides is 1. The largest absolute Gasteiger partial charge is 0.337 e. The maximum absolute atomic E-state index is 12.9. The van der Waals surface area contributed by atoms with Crippen molar-refractivity contribution in [3.05, 3.63) is 41.8 Å². The van der Waals surface area contributed by atoms with Gasteiger partial charge in [0.05, 0.1) is 5.69 Å². The molecule has 0 unspecified atom stereocenters. The molecule has 0 saturated carbocycles. The molecule has 1 aromatic carbocycles. The van der Waals surface area contributed by atoms with Crippen molar-refractivity contribution in [1.82, 2.24) is 14.7 Å². The van der Waals surface area contributed by atoms with E-state index in [-0.39, 0.29) is 11.7 Å². The lowest BCUT2D eigenvalue weighted by molar-refractivity contribution is 0.0782. The number of carbonyl (C=O) groups is 1. The Hall–Kier alpha value is -2.17. The van der Waals surface area contributed by atoms with Gasteiger partial charge < -0.3 is 4.90 Å². The van der Waals surface area contributed by atoms with Crippen LogP contribution in [0.25, 0.3) is 11.3 Å². The summed E-state index contributed by atoms with van der Waals surface area (Å²) in [4.78, 5) is 14.2. The Kier molecular flexibility index (Phi) is 3.26. The Bertz CT molecular complexity index is 627. The maximum Gasteiger partial charge on any atom is 0.272 e. The quantitative estimate of drug-likeness (QED) is 0.843. The lowest BCUT2D eigenvalue weighted by Crippen LogP contribution is -2.29. The summed E-state index contributed by atoms with van der Waals surface area (Å²) in [6, 6.07) is 7.90. The molecule has 104 valence electrons. The van der Waals surface area contributed by atoms with Crippen molar-refractivity contribution in [3.8, 4) is 11.3 Å². The van der Waals surface area contributed by atoms with Crippen molar-refractivity contribution in [1.29, 1.82) is 0 Å². The van der Waals surface area contributed by atoms with Gasteiger partial charge in [0.25, 0.3) is 5.91 Å². The Morgan fingerprint density at radius 1 is 1.20 bits per heavy atom. The van der Waals surface area contributed by atoms with E-state index in [1.807, 2.05) is 4.90 Å². The molecule has 0 bridgehead atoms. The number of rotatable bonds is 2. The second-order valence-corrected chi connectivity index (χ2v) is 5.04. The number of likely N-dealkylation sites (tertiary alicyclic amines) is 1. The summed E-state index contributed by atoms with van der Waals surface area (Å²) in [6.45, 7) is 1.63. The van der Waals surface area contributed by atoms with E-state index in [0.717, 1.165) is 31.5 Å². The topological polar surface area (TPSA) is 38.1 Å². The predicted molar refractivity (Wildman–Crippen MR) is 73.7 cm³/mol. The number of halogens is 1. The third kappa shape index (κ3) is 2.31. The molecule has 0 spiro atoms. The molecular formula is C15H16FN3O. The van der Waals surface area contributed by atoms with E-state index in [0.29, 0.717) is 11.4 Å². The minimum atomic E-state index is -0.280. The van der Waals surface area contributed by atoms with Crippen LogP contribution in [0.15, 0.2) is 30.3 Å². The van der Waals surface area contributed by atoms with Crippen molar-refractivity contribution >= 4 is 5.91 Å². The lowest BCUT2D eigenvalue weighted by Gasteiger charge is -2.14. The minimum Gasteiger partial charge on any atom is -0.337 e. The third-order valence-electron chi connectivity index (χ3n) is 3.63. The molecule has 1 saturated heterocycles. The van der Waals surface area contributed by atoms with Crippen molar-refractivity contribution < 1.29 is 9.18 Å². The van der Waals surface area contributed by atoms with Crippen LogP contribution in [-0.4, -0.2) is 33.7 Å². The smallest absolute Gasteiger partial charge is 0.272 e. The van der Waals surface area contributed by atoms with E-state index in [2.05, 4.69) is 5.10 Å². The molecule has 1 fully saturated rings. The number of hydrogen-bond acceptors (Lipinski definition) is 2. The van der Waals surface area contributed by atoms with Crippen LogP contribution in [0.2, 0.25) is 0 Å². The van der Waals surface area contributed by atoms with Gasteiger partial charge in [-0.1, -0.05) is 0 Å². The molecule has 0 aliphatic carbocycles. The van der Waals surface area contributed by atoms with Crippen molar-refractivity contribution in [3.63, 3.8) is 0 Å². The summed E-state index contributed by atoms with van der Waals surface area (Å²) >= 11 is 0. The van der Waals surface area contributed by atoms with Gasteiger partial charge in [0.2, 0.25) is 0 Å². The lowest BCUT2D eigenvalue weighted by atomic mass is 10.1. The zero-order valence-corrected chi connectivity index (χ0v) is 11.3. The highest BCUT2D eigenvalue weighted by atomic mass is 19.1. The van der Waals surface area contributed by atoms with E-state index in [1.54, 1.807) is 29.9 Å². The molecule has 3 rings (SSSR count). The predicted octanol–water partition coefficient (Wildman–Crippen LogP) is 2.46. The van der Waals surface area contributed by atoms with Gasteiger partial charge in [-0.15, -0.1) is 0 Å². The zero-order chi connectivity index (χ0) is 14.1. The Balaban J connectivity index is 1.90. The molecule has 0 N–H and O–H groups in total. The Morgan fingerprint density at radius 3 is 2.50 bits per heavy atom. The Morgan fingerprint density at radius 2 is 1.85 bits per heavy atom. The fourth-order valence-electron chi connectivity index (χ4n) is 2.51. The zero-order valence-electron chi connectivity index (χ0n) is 11.3. The number of aromatic nitrogens is 2. The van der Waals surface area contributed by atoms with Crippen LogP contribution in [-0.2, 0) is 7.05 Å². The first-order valence-corrected chi connectivity index (χ1v) is 6.74. The van der Waals surface area contributed by atoms with E-state index in [4.69, 9.17) is 0 Å². The van der Waals surface area contributed by atoms with Gasteiger partial charge in [-0.2, -0.15) is 5.10 Å². The average Bonchev–Trinajstić information content (AvgIpc) is 3.08. The van der Waals surface area contributed by atoms with Crippen molar-refractivity contribution in [2.75, 3.05) is 13.1 Å². The van der Waals surface area contributed by atoms with Crippen LogP contribution >= 0.6 is 0 Å². The van der Waals surface area contributed by atoms with Crippen LogP contribution in [0, 0.1) is 5.82 Å². The van der Waals surface area contributed by atoms with E-state index >= 15 is 0 Å². The average molecular weight is 273 g/mol. The molecule has 1 amide bonds. The minimum absolute atomic E-state index is 0.0193. The third-order valence-corrected chi connectivity index (χ3v) is 3.63. The van der Waals surface area contributed by atoms with Crippen LogP contribution in [0.3, 0.4) is 0 Å². The van der Waals surface area contributed by atoms with Crippen LogP contribution in [0.5, 0.6) is 0 Å². The summed E-state index contributed by atoms with van der Waals surface area (Å²) < 4.78 is 14.5. The number of nitrogens with zero attached hydrogens (tertiary/aromatic N) is 3. The molecule has 4 nitrogen and oxygen atoms in total. The molecule has 1 aromatic heterocycles. The van der Waals surface area contributed by atoms with Gasteiger partial charge in [-0.25, -0.2) is 4.39 Å². The highest BCUT2D eigenvalue weighted by Crippen LogP contribution is 2.21. The van der Waals surface area contributed by atoms with E-state index < -0.39 is 0 Å². The summed E-state index contributed by atoms with van der Waals surface area (Å²) in [7, 11) is 1.76. The summed E-state index contributed by atoms with van der Waals surface area (Å²) in [5, 5.41) is 4.35.